The van der Waals surface area contributed by atoms with Gasteiger partial charge in [-0.05, 0) is 30.2 Å². The molecule has 18 heavy (non-hydrogen) atoms. The number of hydrogen-bond acceptors (Lipinski definition) is 3. The van der Waals surface area contributed by atoms with E-state index in [1.54, 1.807) is 0 Å². The van der Waals surface area contributed by atoms with Gasteiger partial charge >= 0.3 is 0 Å². The van der Waals surface area contributed by atoms with Gasteiger partial charge in [-0.25, -0.2) is 0 Å². The van der Waals surface area contributed by atoms with Crippen molar-refractivity contribution in [3.63, 3.8) is 0 Å². The summed E-state index contributed by atoms with van der Waals surface area (Å²) in [6, 6.07) is 8.14. The standard InChI is InChI=1S/C14H21N3Si/c1-17(2)13-9-6-12(7-10-13)8-11-14(16-15)18(3,4)5/h6-7,9-10H,15H2,1-5H3/b16-14-. The van der Waals surface area contributed by atoms with Crippen molar-refractivity contribution in [2.24, 2.45) is 10.9 Å². The molecule has 0 fully saturated rings. The summed E-state index contributed by atoms with van der Waals surface area (Å²) in [6.45, 7) is 6.55. The third-order valence-electron chi connectivity index (χ3n) is 2.55. The molecule has 0 unspecified atom stereocenters. The molecule has 0 aliphatic heterocycles. The highest BCUT2D eigenvalue weighted by atomic mass is 28.3. The first-order valence-corrected chi connectivity index (χ1v) is 9.42. The Bertz CT molecular complexity index is 485. The first-order valence-electron chi connectivity index (χ1n) is 5.92. The molecule has 4 heteroatoms. The van der Waals surface area contributed by atoms with Crippen molar-refractivity contribution in [1.82, 2.24) is 0 Å². The predicted molar refractivity (Wildman–Crippen MR) is 82.6 cm³/mol. The van der Waals surface area contributed by atoms with Crippen molar-refractivity contribution < 1.29 is 0 Å². The van der Waals surface area contributed by atoms with Crippen molar-refractivity contribution in [2.45, 2.75) is 19.6 Å². The Balaban J connectivity index is 2.93. The third-order valence-corrected chi connectivity index (χ3v) is 4.22. The number of anilines is 1. The minimum absolute atomic E-state index is 0.846. The molecule has 0 saturated heterocycles. The molecule has 2 N–H and O–H groups in total. The molecule has 0 saturated carbocycles. The lowest BCUT2D eigenvalue weighted by Gasteiger charge is -2.12. The highest BCUT2D eigenvalue weighted by Gasteiger charge is 2.19. The van der Waals surface area contributed by atoms with Crippen LogP contribution >= 0.6 is 0 Å². The van der Waals surface area contributed by atoms with Gasteiger partial charge in [-0.3, -0.25) is 0 Å². The summed E-state index contributed by atoms with van der Waals surface area (Å²) in [6.07, 6.45) is 0. The molecule has 0 aromatic heterocycles. The molecule has 96 valence electrons. The molecule has 0 heterocycles. The Kier molecular flexibility index (Phi) is 4.57. The van der Waals surface area contributed by atoms with E-state index in [1.165, 1.54) is 5.69 Å². The fourth-order valence-corrected chi connectivity index (χ4v) is 2.21. The van der Waals surface area contributed by atoms with E-state index in [0.717, 1.165) is 10.9 Å². The molecule has 1 aromatic rings. The monoisotopic (exact) mass is 259 g/mol. The molecule has 3 nitrogen and oxygen atoms in total. The minimum Gasteiger partial charge on any atom is -0.378 e. The average Bonchev–Trinajstić information content (AvgIpc) is 2.28. The number of nitrogens with zero attached hydrogens (tertiary/aromatic N) is 2. The van der Waals surface area contributed by atoms with Crippen molar-refractivity contribution in [3.05, 3.63) is 29.8 Å². The van der Waals surface area contributed by atoms with Gasteiger partial charge in [0, 0.05) is 25.3 Å². The van der Waals surface area contributed by atoms with E-state index in [2.05, 4.69) is 53.6 Å². The van der Waals surface area contributed by atoms with Crippen molar-refractivity contribution >= 4 is 19.1 Å². The van der Waals surface area contributed by atoms with Crippen LogP contribution in [0.2, 0.25) is 19.6 Å². The van der Waals surface area contributed by atoms with Gasteiger partial charge in [0.05, 0.1) is 5.33 Å². The van der Waals surface area contributed by atoms with Gasteiger partial charge in [-0.1, -0.05) is 25.6 Å². The van der Waals surface area contributed by atoms with Crippen molar-refractivity contribution in [3.8, 4) is 11.8 Å². The van der Waals surface area contributed by atoms with Crippen LogP contribution in [0, 0.1) is 11.8 Å². The lowest BCUT2D eigenvalue weighted by atomic mass is 10.2. The zero-order valence-electron chi connectivity index (χ0n) is 11.8. The Hall–Kier alpha value is -1.73. The number of hydrazone groups is 1. The Labute approximate surface area is 111 Å². The second kappa shape index (κ2) is 5.74. The molecule has 0 aliphatic rings. The van der Waals surface area contributed by atoms with Crippen LogP contribution in [0.4, 0.5) is 5.69 Å². The van der Waals surface area contributed by atoms with Gasteiger partial charge in [0.15, 0.2) is 0 Å². The summed E-state index contributed by atoms with van der Waals surface area (Å²) in [4.78, 5) is 2.06. The van der Waals surface area contributed by atoms with E-state index >= 15 is 0 Å². The maximum atomic E-state index is 5.40. The molecule has 0 amide bonds. The van der Waals surface area contributed by atoms with Crippen LogP contribution < -0.4 is 10.7 Å². The van der Waals surface area contributed by atoms with Crippen LogP contribution in [-0.4, -0.2) is 27.5 Å². The van der Waals surface area contributed by atoms with E-state index < -0.39 is 8.07 Å². The number of hydrogen-bond donors (Lipinski definition) is 1. The van der Waals surface area contributed by atoms with Crippen molar-refractivity contribution in [1.29, 1.82) is 0 Å². The quantitative estimate of drug-likeness (QED) is 0.291. The van der Waals surface area contributed by atoms with Crippen LogP contribution in [-0.2, 0) is 0 Å². The molecule has 0 aliphatic carbocycles. The maximum absolute atomic E-state index is 5.40. The zero-order valence-corrected chi connectivity index (χ0v) is 12.8. The van der Waals surface area contributed by atoms with Gasteiger partial charge in [0.2, 0.25) is 0 Å². The van der Waals surface area contributed by atoms with E-state index in [9.17, 15) is 0 Å². The fourth-order valence-electron chi connectivity index (χ4n) is 1.39. The topological polar surface area (TPSA) is 41.6 Å². The highest BCUT2D eigenvalue weighted by molar-refractivity contribution is 7.06. The van der Waals surface area contributed by atoms with Gasteiger partial charge in [-0.15, -0.1) is 0 Å². The van der Waals surface area contributed by atoms with Crippen molar-refractivity contribution in [2.75, 3.05) is 19.0 Å². The van der Waals surface area contributed by atoms with Crippen LogP contribution in [0.1, 0.15) is 5.56 Å². The second-order valence-corrected chi connectivity index (χ2v) is 10.4. The first kappa shape index (κ1) is 14.3. The highest BCUT2D eigenvalue weighted by Crippen LogP contribution is 2.11. The molecular formula is C14H21N3Si. The zero-order chi connectivity index (χ0) is 13.8. The lowest BCUT2D eigenvalue weighted by Crippen LogP contribution is -2.33. The van der Waals surface area contributed by atoms with Gasteiger partial charge < -0.3 is 10.7 Å². The largest absolute Gasteiger partial charge is 0.378 e. The molecular weight excluding hydrogens is 238 g/mol. The summed E-state index contributed by atoms with van der Waals surface area (Å²) < 4.78 is 0. The molecule has 1 rings (SSSR count). The average molecular weight is 259 g/mol. The Morgan fingerprint density at radius 1 is 1.17 bits per heavy atom. The Morgan fingerprint density at radius 3 is 2.11 bits per heavy atom. The van der Waals surface area contributed by atoms with Crippen LogP contribution in [0.15, 0.2) is 29.4 Å². The summed E-state index contributed by atoms with van der Waals surface area (Å²) in [5.74, 6) is 11.6. The second-order valence-electron chi connectivity index (χ2n) is 5.42. The fraction of sp³-hybridized carbons (Fsp3) is 0.357. The third kappa shape index (κ3) is 3.93. The van der Waals surface area contributed by atoms with Crippen LogP contribution in [0.25, 0.3) is 0 Å². The van der Waals surface area contributed by atoms with Gasteiger partial charge in [0.1, 0.15) is 8.07 Å². The van der Waals surface area contributed by atoms with E-state index in [0.29, 0.717) is 0 Å². The van der Waals surface area contributed by atoms with Crippen LogP contribution in [0.5, 0.6) is 0 Å². The molecule has 0 spiro atoms. The normalized spacial score (nSPS) is 11.7. The summed E-state index contributed by atoms with van der Waals surface area (Å²) in [7, 11) is 2.51. The summed E-state index contributed by atoms with van der Waals surface area (Å²) in [5, 5.41) is 4.66. The van der Waals surface area contributed by atoms with Crippen LogP contribution in [0.3, 0.4) is 0 Å². The smallest absolute Gasteiger partial charge is 0.115 e. The molecule has 0 bridgehead atoms. The lowest BCUT2D eigenvalue weighted by molar-refractivity contribution is 1.13. The van der Waals surface area contributed by atoms with E-state index in [1.807, 2.05) is 26.2 Å². The molecule has 0 radical (unpaired) electrons. The summed E-state index contributed by atoms with van der Waals surface area (Å²) in [5.41, 5.74) is 2.15. The van der Waals surface area contributed by atoms with E-state index in [4.69, 9.17) is 5.84 Å². The molecule has 1 aromatic carbocycles. The van der Waals surface area contributed by atoms with E-state index in [-0.39, 0.29) is 0 Å². The minimum atomic E-state index is -1.53. The SMILES string of the molecule is CN(C)c1ccc(C#C/C(=N/N)[Si](C)(C)C)cc1. The number of nitrogens with two attached hydrogens (primary N) is 1. The van der Waals surface area contributed by atoms with Gasteiger partial charge in [0.25, 0.3) is 0 Å². The Morgan fingerprint density at radius 2 is 1.72 bits per heavy atom. The maximum Gasteiger partial charge on any atom is 0.115 e. The van der Waals surface area contributed by atoms with Gasteiger partial charge in [-0.2, -0.15) is 5.10 Å². The summed E-state index contributed by atoms with van der Waals surface area (Å²) >= 11 is 0. The first-order chi connectivity index (χ1) is 8.34. The predicted octanol–water partition coefficient (Wildman–Crippen LogP) is 2.30. The number of benzene rings is 1. The molecule has 0 atom stereocenters. The number of rotatable bonds is 2.